The van der Waals surface area contributed by atoms with E-state index in [0.717, 1.165) is 31.4 Å². The third-order valence-electron chi connectivity index (χ3n) is 6.85. The zero-order chi connectivity index (χ0) is 16.0. The van der Waals surface area contributed by atoms with Crippen LogP contribution in [0.5, 0.6) is 11.5 Å². The van der Waals surface area contributed by atoms with Gasteiger partial charge in [0.15, 0.2) is 23.4 Å². The van der Waals surface area contributed by atoms with Gasteiger partial charge in [-0.2, -0.15) is 0 Å². The molecule has 0 radical (unpaired) electrons. The number of aromatic hydroxyl groups is 1. The maximum atomic E-state index is 12.7. The molecule has 2 heterocycles. The van der Waals surface area contributed by atoms with Gasteiger partial charge in [0.1, 0.15) is 0 Å². The van der Waals surface area contributed by atoms with Gasteiger partial charge in [0.2, 0.25) is 0 Å². The number of hydrogen-bond acceptors (Lipinski definition) is 5. The van der Waals surface area contributed by atoms with Gasteiger partial charge in [0.05, 0.1) is 11.0 Å². The molecule has 4 atom stereocenters. The summed E-state index contributed by atoms with van der Waals surface area (Å²) < 4.78 is 12.3. The second-order valence-electron chi connectivity index (χ2n) is 7.43. The van der Waals surface area contributed by atoms with Crippen LogP contribution in [0.2, 0.25) is 0 Å². The lowest BCUT2D eigenvalue weighted by molar-refractivity contribution is -0.198. The molecule has 1 saturated heterocycles. The number of nitrogens with zero attached hydrogens (tertiary/aromatic N) is 1. The number of carbonyl (C=O) groups is 1. The van der Waals surface area contributed by atoms with Gasteiger partial charge in [0, 0.05) is 25.1 Å². The van der Waals surface area contributed by atoms with E-state index in [2.05, 4.69) is 11.9 Å². The highest BCUT2D eigenvalue weighted by atomic mass is 16.5. The number of benzene rings is 1. The highest BCUT2D eigenvalue weighted by Crippen LogP contribution is 2.65. The van der Waals surface area contributed by atoms with Crippen LogP contribution in [-0.4, -0.2) is 54.2 Å². The minimum Gasteiger partial charge on any atom is -0.504 e. The minimum atomic E-state index is -0.519. The summed E-state index contributed by atoms with van der Waals surface area (Å²) in [5, 5.41) is 10.3. The molecule has 2 aliphatic heterocycles. The molecule has 23 heavy (non-hydrogen) atoms. The molecule has 122 valence electrons. The van der Waals surface area contributed by atoms with E-state index in [1.807, 2.05) is 6.07 Å². The molecule has 0 amide bonds. The Balaban J connectivity index is 1.88. The first kappa shape index (κ1) is 13.8. The summed E-state index contributed by atoms with van der Waals surface area (Å²) in [5.41, 5.74) is 1.38. The number of likely N-dealkylation sites (tertiary alicyclic amines) is 1. The fraction of sp³-hybridized carbons (Fsp3) is 0.611. The molecule has 5 rings (SSSR count). The van der Waals surface area contributed by atoms with Gasteiger partial charge in [-0.15, -0.1) is 0 Å². The number of phenols is 1. The molecule has 1 saturated carbocycles. The smallest absolute Gasteiger partial charge is 0.174 e. The third kappa shape index (κ3) is 1.28. The van der Waals surface area contributed by atoms with Crippen LogP contribution >= 0.6 is 0 Å². The summed E-state index contributed by atoms with van der Waals surface area (Å²) in [4.78, 5) is 15.1. The number of ether oxygens (including phenoxy) is 2. The molecule has 2 bridgehead atoms. The van der Waals surface area contributed by atoms with Crippen molar-refractivity contribution in [2.75, 3.05) is 20.7 Å². The Hall–Kier alpha value is -1.59. The van der Waals surface area contributed by atoms with Crippen molar-refractivity contribution in [3.8, 4) is 11.5 Å². The number of methoxy groups -OCH3 is 1. The van der Waals surface area contributed by atoms with E-state index in [1.54, 1.807) is 13.2 Å². The number of hydrogen-bond donors (Lipinski definition) is 1. The van der Waals surface area contributed by atoms with E-state index in [0.29, 0.717) is 12.2 Å². The molecule has 2 aliphatic carbocycles. The molecular formula is C18H21NO4. The van der Waals surface area contributed by atoms with Gasteiger partial charge in [-0.1, -0.05) is 6.07 Å². The molecule has 1 spiro atoms. The highest BCUT2D eigenvalue weighted by Gasteiger charge is 2.73. The Kier molecular flexibility index (Phi) is 2.45. The Labute approximate surface area is 135 Å². The zero-order valence-corrected chi connectivity index (χ0v) is 13.5. The Morgan fingerprint density at radius 1 is 1.39 bits per heavy atom. The van der Waals surface area contributed by atoms with Crippen molar-refractivity contribution in [1.29, 1.82) is 0 Å². The van der Waals surface area contributed by atoms with E-state index >= 15 is 0 Å². The molecular weight excluding hydrogens is 294 g/mol. The molecule has 1 N–H and O–H groups in total. The quantitative estimate of drug-likeness (QED) is 0.849. The lowest BCUT2D eigenvalue weighted by Crippen LogP contribution is -2.76. The lowest BCUT2D eigenvalue weighted by atomic mass is 9.49. The Bertz CT molecular complexity index is 732. The van der Waals surface area contributed by atoms with E-state index in [1.165, 1.54) is 5.56 Å². The second-order valence-corrected chi connectivity index (χ2v) is 7.43. The van der Waals surface area contributed by atoms with Crippen LogP contribution in [-0.2, 0) is 21.4 Å². The van der Waals surface area contributed by atoms with E-state index in [-0.39, 0.29) is 17.6 Å². The van der Waals surface area contributed by atoms with E-state index in [4.69, 9.17) is 9.47 Å². The first-order valence-electron chi connectivity index (χ1n) is 8.35. The van der Waals surface area contributed by atoms with Gasteiger partial charge in [-0.05, 0) is 44.5 Å². The van der Waals surface area contributed by atoms with Crippen molar-refractivity contribution in [3.05, 3.63) is 23.3 Å². The minimum absolute atomic E-state index is 0.141. The molecule has 4 aliphatic rings. The van der Waals surface area contributed by atoms with Crippen LogP contribution in [0.15, 0.2) is 12.1 Å². The standard InChI is InChI=1S/C18H21NO4/c1-19-8-7-17-14-10-3-4-11(20)15(14)23-16(17)12(21)5-6-18(17,22-2)13(19)9-10/h3-4,13,16,20H,5-9H2,1-2H3/t13?,16-,17?,18?/m0/s1. The van der Waals surface area contributed by atoms with Crippen molar-refractivity contribution in [2.45, 2.75) is 48.8 Å². The van der Waals surface area contributed by atoms with Gasteiger partial charge >= 0.3 is 0 Å². The fourth-order valence-electron chi connectivity index (χ4n) is 5.92. The largest absolute Gasteiger partial charge is 0.504 e. The van der Waals surface area contributed by atoms with Crippen molar-refractivity contribution < 1.29 is 19.4 Å². The number of Topliss-reactive ketones (excluding diaryl/α,β-unsaturated/α-hetero) is 1. The summed E-state index contributed by atoms with van der Waals surface area (Å²) in [6, 6.07) is 3.93. The van der Waals surface area contributed by atoms with E-state index < -0.39 is 17.1 Å². The van der Waals surface area contributed by atoms with Crippen molar-refractivity contribution in [1.82, 2.24) is 4.90 Å². The number of ketones is 1. The number of rotatable bonds is 1. The van der Waals surface area contributed by atoms with Crippen molar-refractivity contribution >= 4 is 5.78 Å². The number of phenolic OH excluding ortho intramolecular Hbond substituents is 1. The average Bonchev–Trinajstić information content (AvgIpc) is 2.91. The molecule has 1 aromatic carbocycles. The highest BCUT2D eigenvalue weighted by molar-refractivity contribution is 5.90. The Morgan fingerprint density at radius 3 is 3.00 bits per heavy atom. The summed E-state index contributed by atoms with van der Waals surface area (Å²) in [6.45, 7) is 0.914. The monoisotopic (exact) mass is 315 g/mol. The van der Waals surface area contributed by atoms with Crippen LogP contribution in [0.25, 0.3) is 0 Å². The fourth-order valence-corrected chi connectivity index (χ4v) is 5.92. The molecule has 3 unspecified atom stereocenters. The molecule has 0 aromatic heterocycles. The van der Waals surface area contributed by atoms with Crippen molar-refractivity contribution in [3.63, 3.8) is 0 Å². The normalized spacial score (nSPS) is 40.7. The second kappa shape index (κ2) is 4.08. The number of likely N-dealkylation sites (N-methyl/N-ethyl adjacent to an activating group) is 1. The van der Waals surface area contributed by atoms with Gasteiger partial charge in [-0.3, -0.25) is 4.79 Å². The van der Waals surface area contributed by atoms with Crippen LogP contribution in [0, 0.1) is 0 Å². The SMILES string of the molecule is COC12CCC(=O)[C@@H]3Oc4c(O)ccc5c4C31CCN(C)C2C5. The maximum absolute atomic E-state index is 12.7. The first-order chi connectivity index (χ1) is 11.0. The van der Waals surface area contributed by atoms with Gasteiger partial charge in [0.25, 0.3) is 0 Å². The number of piperidine rings is 1. The summed E-state index contributed by atoms with van der Waals surface area (Å²) in [7, 11) is 3.92. The summed E-state index contributed by atoms with van der Waals surface area (Å²) in [5.74, 6) is 0.805. The van der Waals surface area contributed by atoms with Crippen LogP contribution in [0.4, 0.5) is 0 Å². The predicted molar refractivity (Wildman–Crippen MR) is 82.9 cm³/mol. The van der Waals surface area contributed by atoms with Crippen LogP contribution in [0.1, 0.15) is 30.4 Å². The molecule has 2 fully saturated rings. The van der Waals surface area contributed by atoms with Crippen molar-refractivity contribution in [2.24, 2.45) is 0 Å². The average molecular weight is 315 g/mol. The van der Waals surface area contributed by atoms with Crippen LogP contribution < -0.4 is 4.74 Å². The molecule has 5 heteroatoms. The first-order valence-corrected chi connectivity index (χ1v) is 8.35. The maximum Gasteiger partial charge on any atom is 0.174 e. The Morgan fingerprint density at radius 2 is 2.22 bits per heavy atom. The third-order valence-corrected chi connectivity index (χ3v) is 6.85. The van der Waals surface area contributed by atoms with E-state index in [9.17, 15) is 9.90 Å². The molecule has 5 nitrogen and oxygen atoms in total. The van der Waals surface area contributed by atoms with Gasteiger partial charge < -0.3 is 19.5 Å². The topological polar surface area (TPSA) is 59.0 Å². The summed E-state index contributed by atoms with van der Waals surface area (Å²) >= 11 is 0. The molecule has 1 aromatic rings. The predicted octanol–water partition coefficient (Wildman–Crippen LogP) is 1.40. The number of carbonyl (C=O) groups excluding carboxylic acids is 1. The van der Waals surface area contributed by atoms with Crippen LogP contribution in [0.3, 0.4) is 0 Å². The van der Waals surface area contributed by atoms with Gasteiger partial charge in [-0.25, -0.2) is 0 Å². The zero-order valence-electron chi connectivity index (χ0n) is 13.5. The lowest BCUT2D eigenvalue weighted by Gasteiger charge is -2.63. The summed E-state index contributed by atoms with van der Waals surface area (Å²) in [6.07, 6.45) is 2.39.